The largest absolute Gasteiger partial charge is 0.347 e. The number of halogens is 2. The number of carbonyl (C=O) groups is 2. The van der Waals surface area contributed by atoms with Gasteiger partial charge in [-0.1, -0.05) is 45.7 Å². The topological polar surface area (TPSA) is 58.2 Å². The molecule has 6 heteroatoms. The normalized spacial score (nSPS) is 10.3. The van der Waals surface area contributed by atoms with Crippen molar-refractivity contribution in [3.8, 4) is 0 Å². The van der Waals surface area contributed by atoms with E-state index >= 15 is 0 Å². The second-order valence-corrected chi connectivity index (χ2v) is 6.70. The summed E-state index contributed by atoms with van der Waals surface area (Å²) in [7, 11) is 0. The number of amides is 2. The van der Waals surface area contributed by atoms with Crippen LogP contribution in [-0.4, -0.2) is 18.4 Å². The first-order valence-corrected chi connectivity index (χ1v) is 8.69. The van der Waals surface area contributed by atoms with Gasteiger partial charge in [0, 0.05) is 21.6 Å². The first-order valence-electron chi connectivity index (χ1n) is 7.52. The average Bonchev–Trinajstić information content (AvgIpc) is 2.55. The quantitative estimate of drug-likeness (QED) is 0.754. The highest BCUT2D eigenvalue weighted by Gasteiger charge is 2.08. The van der Waals surface area contributed by atoms with E-state index in [1.165, 1.54) is 0 Å². The van der Waals surface area contributed by atoms with Crippen LogP contribution in [0.5, 0.6) is 0 Å². The van der Waals surface area contributed by atoms with Crippen molar-refractivity contribution in [1.82, 2.24) is 5.32 Å². The zero-order valence-corrected chi connectivity index (χ0v) is 15.6. The van der Waals surface area contributed by atoms with Crippen LogP contribution in [0, 0.1) is 6.92 Å². The monoisotopic (exact) mass is 408 g/mol. The molecule has 24 heavy (non-hydrogen) atoms. The Labute approximate surface area is 154 Å². The Balaban J connectivity index is 1.77. The highest BCUT2D eigenvalue weighted by molar-refractivity contribution is 9.10. The number of carbonyl (C=O) groups excluding carboxylic acids is 2. The third-order valence-corrected chi connectivity index (χ3v) is 4.35. The van der Waals surface area contributed by atoms with Gasteiger partial charge in [-0.15, -0.1) is 0 Å². The zero-order chi connectivity index (χ0) is 17.5. The Morgan fingerprint density at radius 1 is 1.12 bits per heavy atom. The molecule has 0 unspecified atom stereocenters. The van der Waals surface area contributed by atoms with E-state index in [0.717, 1.165) is 21.3 Å². The van der Waals surface area contributed by atoms with Crippen molar-refractivity contribution in [3.63, 3.8) is 0 Å². The van der Waals surface area contributed by atoms with Crippen molar-refractivity contribution in [1.29, 1.82) is 0 Å². The van der Waals surface area contributed by atoms with Gasteiger partial charge in [0.25, 0.3) is 0 Å². The molecule has 2 aromatic carbocycles. The number of hydrogen-bond acceptors (Lipinski definition) is 2. The van der Waals surface area contributed by atoms with Crippen molar-refractivity contribution in [3.05, 3.63) is 63.1 Å². The molecule has 0 radical (unpaired) electrons. The SMILES string of the molecule is Cc1cc(Br)ccc1NC(=O)CNC(=O)CCc1ccccc1Cl. The molecule has 0 heterocycles. The molecule has 0 bridgehead atoms. The van der Waals surface area contributed by atoms with Gasteiger partial charge in [-0.2, -0.15) is 0 Å². The van der Waals surface area contributed by atoms with E-state index in [2.05, 4.69) is 26.6 Å². The highest BCUT2D eigenvalue weighted by Crippen LogP contribution is 2.20. The van der Waals surface area contributed by atoms with Crippen molar-refractivity contribution in [2.24, 2.45) is 0 Å². The molecule has 0 aromatic heterocycles. The third kappa shape index (κ3) is 5.65. The van der Waals surface area contributed by atoms with Crippen molar-refractivity contribution < 1.29 is 9.59 Å². The van der Waals surface area contributed by atoms with E-state index in [0.29, 0.717) is 11.4 Å². The molecule has 0 aliphatic rings. The van der Waals surface area contributed by atoms with Crippen LogP contribution in [0.4, 0.5) is 5.69 Å². The molecule has 0 saturated carbocycles. The fourth-order valence-electron chi connectivity index (χ4n) is 2.18. The standard InChI is InChI=1S/C18H18BrClN2O2/c1-12-10-14(19)7-8-16(12)22-18(24)11-21-17(23)9-6-13-4-2-3-5-15(13)20/h2-5,7-8,10H,6,9,11H2,1H3,(H,21,23)(H,22,24). The van der Waals surface area contributed by atoms with E-state index in [4.69, 9.17) is 11.6 Å². The van der Waals surface area contributed by atoms with Gasteiger partial charge in [0.15, 0.2) is 0 Å². The van der Waals surface area contributed by atoms with Gasteiger partial charge in [0.1, 0.15) is 0 Å². The molecule has 126 valence electrons. The lowest BCUT2D eigenvalue weighted by molar-refractivity contribution is -0.124. The summed E-state index contributed by atoms with van der Waals surface area (Å²) < 4.78 is 0.950. The van der Waals surface area contributed by atoms with Crippen LogP contribution in [0.15, 0.2) is 46.9 Å². The Bertz CT molecular complexity index is 750. The van der Waals surface area contributed by atoms with Crippen LogP contribution < -0.4 is 10.6 Å². The van der Waals surface area contributed by atoms with Gasteiger partial charge in [0.2, 0.25) is 11.8 Å². The first-order chi connectivity index (χ1) is 11.5. The summed E-state index contributed by atoms with van der Waals surface area (Å²) in [6.07, 6.45) is 0.827. The number of rotatable bonds is 6. The molecule has 2 amide bonds. The zero-order valence-electron chi connectivity index (χ0n) is 13.2. The maximum Gasteiger partial charge on any atom is 0.243 e. The van der Waals surface area contributed by atoms with Crippen molar-refractivity contribution in [2.75, 3.05) is 11.9 Å². The minimum absolute atomic E-state index is 0.0587. The summed E-state index contributed by atoms with van der Waals surface area (Å²) in [4.78, 5) is 23.8. The van der Waals surface area contributed by atoms with Gasteiger partial charge in [-0.25, -0.2) is 0 Å². The summed E-state index contributed by atoms with van der Waals surface area (Å²) >= 11 is 9.43. The van der Waals surface area contributed by atoms with Gasteiger partial charge >= 0.3 is 0 Å². The van der Waals surface area contributed by atoms with E-state index in [1.54, 1.807) is 6.07 Å². The van der Waals surface area contributed by atoms with E-state index < -0.39 is 0 Å². The molecule has 0 aliphatic carbocycles. The van der Waals surface area contributed by atoms with Gasteiger partial charge < -0.3 is 10.6 Å². The highest BCUT2D eigenvalue weighted by atomic mass is 79.9. The third-order valence-electron chi connectivity index (χ3n) is 3.49. The Kier molecular flexibility index (Phi) is 6.82. The molecular weight excluding hydrogens is 392 g/mol. The number of aryl methyl sites for hydroxylation is 2. The molecule has 0 aliphatic heterocycles. The molecule has 2 aromatic rings. The molecule has 0 fully saturated rings. The number of anilines is 1. The Morgan fingerprint density at radius 3 is 2.58 bits per heavy atom. The van der Waals surface area contributed by atoms with Crippen molar-refractivity contribution in [2.45, 2.75) is 19.8 Å². The summed E-state index contributed by atoms with van der Waals surface area (Å²) in [5.74, 6) is -0.441. The second-order valence-electron chi connectivity index (χ2n) is 5.38. The fourth-order valence-corrected chi connectivity index (χ4v) is 2.88. The van der Waals surface area contributed by atoms with Crippen molar-refractivity contribution >= 4 is 45.0 Å². The maximum absolute atomic E-state index is 11.9. The molecule has 2 N–H and O–H groups in total. The first kappa shape index (κ1) is 18.5. The van der Waals surface area contributed by atoms with Gasteiger partial charge in [-0.05, 0) is 48.7 Å². The molecule has 4 nitrogen and oxygen atoms in total. The van der Waals surface area contributed by atoms with E-state index in [1.807, 2.05) is 43.3 Å². The Hall–Kier alpha value is -1.85. The predicted molar refractivity (Wildman–Crippen MR) is 100 cm³/mol. The maximum atomic E-state index is 11.9. The second kappa shape index (κ2) is 8.85. The lowest BCUT2D eigenvalue weighted by atomic mass is 10.1. The van der Waals surface area contributed by atoms with E-state index in [9.17, 15) is 9.59 Å². The van der Waals surface area contributed by atoms with Crippen LogP contribution in [0.1, 0.15) is 17.5 Å². The molecule has 0 atom stereocenters. The average molecular weight is 410 g/mol. The molecule has 0 saturated heterocycles. The van der Waals surface area contributed by atoms with Gasteiger partial charge in [0.05, 0.1) is 6.54 Å². The van der Waals surface area contributed by atoms with Crippen LogP contribution in [0.2, 0.25) is 5.02 Å². The minimum Gasteiger partial charge on any atom is -0.347 e. The smallest absolute Gasteiger partial charge is 0.243 e. The number of hydrogen-bond donors (Lipinski definition) is 2. The number of benzene rings is 2. The van der Waals surface area contributed by atoms with Gasteiger partial charge in [-0.3, -0.25) is 9.59 Å². The van der Waals surface area contributed by atoms with Crippen LogP contribution >= 0.6 is 27.5 Å². The number of nitrogens with one attached hydrogen (secondary N) is 2. The predicted octanol–water partition coefficient (Wildman–Crippen LogP) is 4.10. The summed E-state index contributed by atoms with van der Waals surface area (Å²) in [5.41, 5.74) is 2.60. The lowest BCUT2D eigenvalue weighted by Crippen LogP contribution is -2.33. The summed E-state index contributed by atoms with van der Waals surface area (Å²) in [5, 5.41) is 6.05. The lowest BCUT2D eigenvalue weighted by Gasteiger charge is -2.10. The van der Waals surface area contributed by atoms with Crippen LogP contribution in [0.25, 0.3) is 0 Å². The van der Waals surface area contributed by atoms with Crippen LogP contribution in [0.3, 0.4) is 0 Å². The Morgan fingerprint density at radius 2 is 1.88 bits per heavy atom. The summed E-state index contributed by atoms with van der Waals surface area (Å²) in [6.45, 7) is 1.85. The van der Waals surface area contributed by atoms with Crippen LogP contribution in [-0.2, 0) is 16.0 Å². The minimum atomic E-state index is -0.258. The molecule has 2 rings (SSSR count). The molecular formula is C18H18BrClN2O2. The summed E-state index contributed by atoms with van der Waals surface area (Å²) in [6, 6.07) is 13.0. The fraction of sp³-hybridized carbons (Fsp3) is 0.222. The molecule has 0 spiro atoms. The van der Waals surface area contributed by atoms with E-state index in [-0.39, 0.29) is 24.8 Å².